The molecule has 0 N–H and O–H groups in total. The number of benzene rings is 1. The van der Waals surface area contributed by atoms with Crippen LogP contribution in [0.2, 0.25) is 0 Å². The maximum atomic E-state index is 12.6. The molecule has 0 saturated carbocycles. The van der Waals surface area contributed by atoms with Crippen molar-refractivity contribution in [1.29, 1.82) is 0 Å². The second-order valence-electron chi connectivity index (χ2n) is 4.88. The van der Waals surface area contributed by atoms with Gasteiger partial charge in [-0.25, -0.2) is 8.42 Å². The van der Waals surface area contributed by atoms with Gasteiger partial charge in [0.1, 0.15) is 0 Å². The van der Waals surface area contributed by atoms with Crippen LogP contribution in [0.5, 0.6) is 0 Å². The van der Waals surface area contributed by atoms with Crippen LogP contribution < -0.4 is 0 Å². The second kappa shape index (κ2) is 4.86. The lowest BCUT2D eigenvalue weighted by molar-refractivity contribution is 0.370. The zero-order chi connectivity index (χ0) is 13.3. The van der Waals surface area contributed by atoms with E-state index in [0.29, 0.717) is 4.90 Å². The molecule has 1 aromatic rings. The Morgan fingerprint density at radius 1 is 1.28 bits per heavy atom. The van der Waals surface area contributed by atoms with Crippen molar-refractivity contribution in [1.82, 2.24) is 4.31 Å². The molecule has 1 aliphatic heterocycles. The Bertz CT molecular complexity index is 533. The minimum Gasteiger partial charge on any atom is -0.207 e. The number of aryl methyl sites for hydroxylation is 1. The molecule has 2 atom stereocenters. The molecule has 0 aromatic heterocycles. The van der Waals surface area contributed by atoms with Gasteiger partial charge in [-0.05, 0) is 38.8 Å². The third kappa shape index (κ3) is 2.22. The first kappa shape index (κ1) is 13.3. The van der Waals surface area contributed by atoms with Crippen LogP contribution in [0.4, 0.5) is 0 Å². The van der Waals surface area contributed by atoms with Gasteiger partial charge >= 0.3 is 0 Å². The van der Waals surface area contributed by atoms with Gasteiger partial charge in [0.15, 0.2) is 0 Å². The van der Waals surface area contributed by atoms with Gasteiger partial charge in [-0.3, -0.25) is 0 Å². The van der Waals surface area contributed by atoms with Crippen molar-refractivity contribution < 1.29 is 8.42 Å². The molecule has 0 bridgehead atoms. The highest BCUT2D eigenvalue weighted by Crippen LogP contribution is 2.31. The van der Waals surface area contributed by atoms with Gasteiger partial charge in [0.25, 0.3) is 0 Å². The zero-order valence-electron chi connectivity index (χ0n) is 10.8. The second-order valence-corrected chi connectivity index (χ2v) is 6.72. The Morgan fingerprint density at radius 3 is 2.44 bits per heavy atom. The highest BCUT2D eigenvalue weighted by molar-refractivity contribution is 7.89. The van der Waals surface area contributed by atoms with E-state index in [-0.39, 0.29) is 12.1 Å². The molecule has 18 heavy (non-hydrogen) atoms. The maximum Gasteiger partial charge on any atom is 0.243 e. The third-order valence-electron chi connectivity index (χ3n) is 3.51. The standard InChI is InChI=1S/C14H19NO2S/c1-4-13-8-7-12(3)15(13)18(16,17)14-9-5-11(2)6-10-14/h4-6,9-10,12-13H,1,7-8H2,2-3H3. The predicted molar refractivity (Wildman–Crippen MR) is 72.9 cm³/mol. The van der Waals surface area contributed by atoms with Gasteiger partial charge in [0.05, 0.1) is 4.90 Å². The van der Waals surface area contributed by atoms with Crippen LogP contribution in [0.25, 0.3) is 0 Å². The summed E-state index contributed by atoms with van der Waals surface area (Å²) in [4.78, 5) is 0.369. The normalized spacial score (nSPS) is 25.2. The van der Waals surface area contributed by atoms with Gasteiger partial charge < -0.3 is 0 Å². The molecule has 2 unspecified atom stereocenters. The van der Waals surface area contributed by atoms with Crippen molar-refractivity contribution in [3.05, 3.63) is 42.5 Å². The molecular weight excluding hydrogens is 246 g/mol. The van der Waals surface area contributed by atoms with Crippen LogP contribution in [-0.4, -0.2) is 24.8 Å². The number of hydrogen-bond donors (Lipinski definition) is 0. The average molecular weight is 265 g/mol. The molecule has 0 radical (unpaired) electrons. The molecule has 4 heteroatoms. The zero-order valence-corrected chi connectivity index (χ0v) is 11.7. The minimum atomic E-state index is -3.40. The van der Waals surface area contributed by atoms with E-state index in [4.69, 9.17) is 0 Å². The van der Waals surface area contributed by atoms with E-state index in [0.717, 1.165) is 18.4 Å². The van der Waals surface area contributed by atoms with Gasteiger partial charge in [-0.2, -0.15) is 4.31 Å². The molecule has 1 aliphatic rings. The van der Waals surface area contributed by atoms with Gasteiger partial charge in [-0.15, -0.1) is 6.58 Å². The van der Waals surface area contributed by atoms with Gasteiger partial charge in [0, 0.05) is 12.1 Å². The number of nitrogens with zero attached hydrogens (tertiary/aromatic N) is 1. The largest absolute Gasteiger partial charge is 0.243 e. The summed E-state index contributed by atoms with van der Waals surface area (Å²) in [5.74, 6) is 0. The van der Waals surface area contributed by atoms with E-state index < -0.39 is 10.0 Å². The molecular formula is C14H19NO2S. The summed E-state index contributed by atoms with van der Waals surface area (Å²) in [6, 6.07) is 6.98. The van der Waals surface area contributed by atoms with Crippen molar-refractivity contribution in [2.45, 2.75) is 43.7 Å². The first-order valence-corrected chi connectivity index (χ1v) is 7.63. The van der Waals surface area contributed by atoms with E-state index >= 15 is 0 Å². The van der Waals surface area contributed by atoms with Gasteiger partial charge in [0.2, 0.25) is 10.0 Å². The Balaban J connectivity index is 2.41. The van der Waals surface area contributed by atoms with Crippen LogP contribution in [0.3, 0.4) is 0 Å². The summed E-state index contributed by atoms with van der Waals surface area (Å²) in [5, 5.41) is 0. The summed E-state index contributed by atoms with van der Waals surface area (Å²) in [6.45, 7) is 7.64. The van der Waals surface area contributed by atoms with Crippen LogP contribution in [0.1, 0.15) is 25.3 Å². The van der Waals surface area contributed by atoms with E-state index in [1.54, 1.807) is 22.5 Å². The summed E-state index contributed by atoms with van der Waals surface area (Å²) >= 11 is 0. The van der Waals surface area contributed by atoms with Crippen molar-refractivity contribution >= 4 is 10.0 Å². The molecule has 1 heterocycles. The van der Waals surface area contributed by atoms with Crippen LogP contribution in [-0.2, 0) is 10.0 Å². The number of rotatable bonds is 3. The lowest BCUT2D eigenvalue weighted by Crippen LogP contribution is -2.38. The summed E-state index contributed by atoms with van der Waals surface area (Å²) < 4.78 is 26.8. The fourth-order valence-corrected chi connectivity index (χ4v) is 4.31. The van der Waals surface area contributed by atoms with E-state index in [9.17, 15) is 8.42 Å². The van der Waals surface area contributed by atoms with Crippen LogP contribution >= 0.6 is 0 Å². The number of hydrogen-bond acceptors (Lipinski definition) is 2. The number of sulfonamides is 1. The highest BCUT2D eigenvalue weighted by atomic mass is 32.2. The van der Waals surface area contributed by atoms with Crippen molar-refractivity contribution in [2.75, 3.05) is 0 Å². The Kier molecular flexibility index (Phi) is 3.59. The molecule has 1 fully saturated rings. The lowest BCUT2D eigenvalue weighted by Gasteiger charge is -2.25. The fourth-order valence-electron chi connectivity index (χ4n) is 2.46. The highest BCUT2D eigenvalue weighted by Gasteiger charge is 2.38. The molecule has 1 saturated heterocycles. The van der Waals surface area contributed by atoms with Crippen molar-refractivity contribution in [2.24, 2.45) is 0 Å². The first-order chi connectivity index (χ1) is 8.46. The summed E-state index contributed by atoms with van der Waals surface area (Å²) in [6.07, 6.45) is 3.48. The van der Waals surface area contributed by atoms with Crippen molar-refractivity contribution in [3.8, 4) is 0 Å². The smallest absolute Gasteiger partial charge is 0.207 e. The topological polar surface area (TPSA) is 37.4 Å². The molecule has 2 rings (SSSR count). The molecule has 1 aromatic carbocycles. The van der Waals surface area contributed by atoms with Crippen LogP contribution in [0.15, 0.2) is 41.8 Å². The van der Waals surface area contributed by atoms with E-state index in [1.165, 1.54) is 0 Å². The van der Waals surface area contributed by atoms with Crippen LogP contribution in [0, 0.1) is 6.92 Å². The monoisotopic (exact) mass is 265 g/mol. The van der Waals surface area contributed by atoms with Crippen molar-refractivity contribution in [3.63, 3.8) is 0 Å². The molecule has 98 valence electrons. The van der Waals surface area contributed by atoms with E-state index in [2.05, 4.69) is 6.58 Å². The molecule has 0 aliphatic carbocycles. The average Bonchev–Trinajstić information content (AvgIpc) is 2.71. The predicted octanol–water partition coefficient (Wildman–Crippen LogP) is 2.72. The van der Waals surface area contributed by atoms with E-state index in [1.807, 2.05) is 26.0 Å². The fraction of sp³-hybridized carbons (Fsp3) is 0.429. The molecule has 0 amide bonds. The summed E-state index contributed by atoms with van der Waals surface area (Å²) in [5.41, 5.74) is 1.06. The Hall–Kier alpha value is -1.13. The summed E-state index contributed by atoms with van der Waals surface area (Å²) in [7, 11) is -3.40. The lowest BCUT2D eigenvalue weighted by atomic mass is 10.2. The quantitative estimate of drug-likeness (QED) is 0.788. The SMILES string of the molecule is C=CC1CCC(C)N1S(=O)(=O)c1ccc(C)cc1. The molecule has 3 nitrogen and oxygen atoms in total. The first-order valence-electron chi connectivity index (χ1n) is 6.19. The molecule has 0 spiro atoms. The third-order valence-corrected chi connectivity index (χ3v) is 5.56. The Labute approximate surface area is 109 Å². The van der Waals surface area contributed by atoms with Gasteiger partial charge in [-0.1, -0.05) is 23.8 Å². The Morgan fingerprint density at radius 2 is 1.89 bits per heavy atom. The maximum absolute atomic E-state index is 12.6. The minimum absolute atomic E-state index is 0.0410.